The van der Waals surface area contributed by atoms with Crippen molar-refractivity contribution in [1.82, 2.24) is 15.0 Å². The van der Waals surface area contributed by atoms with Crippen LogP contribution in [-0.4, -0.2) is 34.2 Å². The number of nitrogens with two attached hydrogens (primary N) is 1. The average Bonchev–Trinajstić information content (AvgIpc) is 2.89. The number of likely N-dealkylation sites (tertiary alicyclic amines) is 1. The van der Waals surface area contributed by atoms with E-state index in [0.29, 0.717) is 5.92 Å². The lowest BCUT2D eigenvalue weighted by Gasteiger charge is -2.15. The van der Waals surface area contributed by atoms with Gasteiger partial charge in [0.1, 0.15) is 0 Å². The number of aromatic nitrogens is 2. The molecule has 2 unspecified atom stereocenters. The molecule has 0 aliphatic carbocycles. The van der Waals surface area contributed by atoms with E-state index < -0.39 is 0 Å². The van der Waals surface area contributed by atoms with E-state index in [-0.39, 0.29) is 18.4 Å². The summed E-state index contributed by atoms with van der Waals surface area (Å²) in [5, 5.41) is 3.96. The maximum Gasteiger partial charge on any atom is 0.240 e. The van der Waals surface area contributed by atoms with E-state index in [0.717, 1.165) is 44.2 Å². The summed E-state index contributed by atoms with van der Waals surface area (Å²) in [5.74, 6) is 2.16. The molecule has 1 aliphatic heterocycles. The van der Waals surface area contributed by atoms with Gasteiger partial charge in [0.2, 0.25) is 5.89 Å². The Kier molecular flexibility index (Phi) is 6.05. The van der Waals surface area contributed by atoms with E-state index in [1.807, 2.05) is 0 Å². The molecule has 2 atom stereocenters. The number of halogens is 1. The number of nitrogens with zero attached hydrogens (tertiary/aromatic N) is 3. The summed E-state index contributed by atoms with van der Waals surface area (Å²) in [6.45, 7) is 7.09. The maximum absolute atomic E-state index is 5.92. The standard InChI is InChI=1S/C12H22N4O.ClH/c1-3-4-11-14-12(17-15-11)8-16-6-5-10(7-16)9(2)13;/h9-10H,3-8,13H2,1-2H3;1H. The van der Waals surface area contributed by atoms with E-state index in [2.05, 4.69) is 28.9 Å². The van der Waals surface area contributed by atoms with Crippen molar-refractivity contribution < 1.29 is 4.52 Å². The third-order valence-corrected chi connectivity index (χ3v) is 3.40. The molecule has 0 bridgehead atoms. The van der Waals surface area contributed by atoms with Gasteiger partial charge in [0.05, 0.1) is 6.54 Å². The second-order valence-corrected chi connectivity index (χ2v) is 5.00. The zero-order chi connectivity index (χ0) is 12.3. The third-order valence-electron chi connectivity index (χ3n) is 3.40. The van der Waals surface area contributed by atoms with Crippen LogP contribution in [0.15, 0.2) is 4.52 Å². The molecule has 1 aromatic heterocycles. The van der Waals surface area contributed by atoms with Crippen molar-refractivity contribution in [2.45, 2.75) is 45.7 Å². The molecule has 1 saturated heterocycles. The van der Waals surface area contributed by atoms with E-state index in [9.17, 15) is 0 Å². The molecule has 0 spiro atoms. The first-order valence-corrected chi connectivity index (χ1v) is 6.48. The molecule has 0 aromatic carbocycles. The van der Waals surface area contributed by atoms with Crippen molar-refractivity contribution in [2.24, 2.45) is 11.7 Å². The molecule has 1 fully saturated rings. The zero-order valence-corrected chi connectivity index (χ0v) is 11.9. The van der Waals surface area contributed by atoms with Crippen molar-refractivity contribution >= 4 is 12.4 Å². The smallest absolute Gasteiger partial charge is 0.240 e. The van der Waals surface area contributed by atoms with Crippen molar-refractivity contribution in [3.05, 3.63) is 11.7 Å². The molecular weight excluding hydrogens is 252 g/mol. The largest absolute Gasteiger partial charge is 0.338 e. The van der Waals surface area contributed by atoms with Crippen LogP contribution in [0.2, 0.25) is 0 Å². The lowest BCUT2D eigenvalue weighted by atomic mass is 10.0. The van der Waals surface area contributed by atoms with Crippen LogP contribution in [-0.2, 0) is 13.0 Å². The predicted octanol–water partition coefficient (Wildman–Crippen LogP) is 1.61. The summed E-state index contributed by atoms with van der Waals surface area (Å²) in [6, 6.07) is 0.276. The summed E-state index contributed by atoms with van der Waals surface area (Å²) in [7, 11) is 0. The van der Waals surface area contributed by atoms with Crippen molar-refractivity contribution in [2.75, 3.05) is 13.1 Å². The SMILES string of the molecule is CCCc1noc(CN2CCC(C(C)N)C2)n1.Cl. The van der Waals surface area contributed by atoms with Crippen LogP contribution in [0.3, 0.4) is 0 Å². The molecule has 5 nitrogen and oxygen atoms in total. The topological polar surface area (TPSA) is 68.2 Å². The van der Waals surface area contributed by atoms with E-state index in [4.69, 9.17) is 10.3 Å². The van der Waals surface area contributed by atoms with E-state index in [1.165, 1.54) is 6.42 Å². The molecule has 1 aromatic rings. The Morgan fingerprint density at radius 3 is 2.94 bits per heavy atom. The van der Waals surface area contributed by atoms with Gasteiger partial charge in [0.25, 0.3) is 0 Å². The molecule has 0 radical (unpaired) electrons. The molecule has 18 heavy (non-hydrogen) atoms. The lowest BCUT2D eigenvalue weighted by molar-refractivity contribution is 0.256. The molecule has 2 heterocycles. The Bertz CT molecular complexity index is 356. The summed E-state index contributed by atoms with van der Waals surface area (Å²) < 4.78 is 5.24. The van der Waals surface area contributed by atoms with Gasteiger partial charge in [-0.05, 0) is 32.2 Å². The minimum absolute atomic E-state index is 0. The molecular formula is C12H23ClN4O. The molecule has 1 aliphatic rings. The normalized spacial score (nSPS) is 21.8. The highest BCUT2D eigenvalue weighted by atomic mass is 35.5. The third kappa shape index (κ3) is 3.93. The molecule has 2 rings (SSSR count). The fourth-order valence-electron chi connectivity index (χ4n) is 2.31. The van der Waals surface area contributed by atoms with E-state index >= 15 is 0 Å². The lowest BCUT2D eigenvalue weighted by Crippen LogP contribution is -2.29. The van der Waals surface area contributed by atoms with Gasteiger partial charge < -0.3 is 10.3 Å². The Morgan fingerprint density at radius 2 is 2.33 bits per heavy atom. The maximum atomic E-state index is 5.92. The van der Waals surface area contributed by atoms with Gasteiger partial charge in [-0.3, -0.25) is 4.90 Å². The molecule has 0 amide bonds. The summed E-state index contributed by atoms with van der Waals surface area (Å²) in [5.41, 5.74) is 5.92. The van der Waals surface area contributed by atoms with Crippen LogP contribution < -0.4 is 5.73 Å². The molecule has 104 valence electrons. The average molecular weight is 275 g/mol. The number of aryl methyl sites for hydroxylation is 1. The second-order valence-electron chi connectivity index (χ2n) is 5.00. The van der Waals surface area contributed by atoms with Crippen LogP contribution >= 0.6 is 12.4 Å². The Labute approximate surface area is 115 Å². The molecule has 0 saturated carbocycles. The quantitative estimate of drug-likeness (QED) is 0.884. The first-order valence-electron chi connectivity index (χ1n) is 6.48. The predicted molar refractivity (Wildman–Crippen MR) is 72.6 cm³/mol. The summed E-state index contributed by atoms with van der Waals surface area (Å²) >= 11 is 0. The minimum Gasteiger partial charge on any atom is -0.338 e. The van der Waals surface area contributed by atoms with Gasteiger partial charge in [-0.25, -0.2) is 0 Å². The number of rotatable bonds is 5. The first-order chi connectivity index (χ1) is 8.19. The van der Waals surface area contributed by atoms with Crippen LogP contribution in [0.25, 0.3) is 0 Å². The summed E-state index contributed by atoms with van der Waals surface area (Å²) in [6.07, 6.45) is 3.12. The number of hydrogen-bond acceptors (Lipinski definition) is 5. The summed E-state index contributed by atoms with van der Waals surface area (Å²) in [4.78, 5) is 6.73. The van der Waals surface area contributed by atoms with Gasteiger partial charge in [0.15, 0.2) is 5.82 Å². The van der Waals surface area contributed by atoms with Crippen LogP contribution in [0.5, 0.6) is 0 Å². The Balaban J connectivity index is 0.00000162. The van der Waals surface area contributed by atoms with Crippen molar-refractivity contribution in [3.63, 3.8) is 0 Å². The van der Waals surface area contributed by atoms with Gasteiger partial charge >= 0.3 is 0 Å². The number of hydrogen-bond donors (Lipinski definition) is 1. The van der Waals surface area contributed by atoms with Gasteiger partial charge in [0, 0.05) is 19.0 Å². The van der Waals surface area contributed by atoms with E-state index in [1.54, 1.807) is 0 Å². The molecule has 6 heteroatoms. The van der Waals surface area contributed by atoms with Crippen LogP contribution in [0.4, 0.5) is 0 Å². The van der Waals surface area contributed by atoms with Crippen LogP contribution in [0, 0.1) is 5.92 Å². The van der Waals surface area contributed by atoms with Crippen molar-refractivity contribution in [1.29, 1.82) is 0 Å². The van der Waals surface area contributed by atoms with Gasteiger partial charge in [-0.2, -0.15) is 4.98 Å². The Hall–Kier alpha value is -0.650. The fourth-order valence-corrected chi connectivity index (χ4v) is 2.31. The monoisotopic (exact) mass is 274 g/mol. The Morgan fingerprint density at radius 1 is 1.56 bits per heavy atom. The first kappa shape index (κ1) is 15.4. The van der Waals surface area contributed by atoms with Crippen molar-refractivity contribution in [3.8, 4) is 0 Å². The minimum atomic E-state index is 0. The highest BCUT2D eigenvalue weighted by Crippen LogP contribution is 2.20. The highest BCUT2D eigenvalue weighted by molar-refractivity contribution is 5.85. The fraction of sp³-hybridized carbons (Fsp3) is 0.833. The van der Waals surface area contributed by atoms with Crippen LogP contribution in [0.1, 0.15) is 38.4 Å². The van der Waals surface area contributed by atoms with Gasteiger partial charge in [-0.15, -0.1) is 12.4 Å². The van der Waals surface area contributed by atoms with Gasteiger partial charge in [-0.1, -0.05) is 12.1 Å². The highest BCUT2D eigenvalue weighted by Gasteiger charge is 2.26. The zero-order valence-electron chi connectivity index (χ0n) is 11.1. The second kappa shape index (κ2) is 7.07. The molecule has 2 N–H and O–H groups in total.